The van der Waals surface area contributed by atoms with Crippen molar-refractivity contribution in [1.82, 2.24) is 4.90 Å². The molecule has 13 heavy (non-hydrogen) atoms. The molecule has 0 spiro atoms. The maximum atomic E-state index is 2.30. The minimum absolute atomic E-state index is 0.653. The van der Waals surface area contributed by atoms with Gasteiger partial charge in [-0.25, -0.2) is 0 Å². The predicted octanol–water partition coefficient (Wildman–Crippen LogP) is 3.20. The Labute approximate surface area is 79.7 Å². The van der Waals surface area contributed by atoms with E-state index in [-0.39, 0.29) is 0 Å². The van der Waals surface area contributed by atoms with E-state index >= 15 is 0 Å². The van der Waals surface area contributed by atoms with Crippen LogP contribution in [0.1, 0.15) is 20.3 Å². The van der Waals surface area contributed by atoms with Crippen LogP contribution in [0.3, 0.4) is 0 Å². The van der Waals surface area contributed by atoms with E-state index in [1.54, 1.807) is 0 Å². The van der Waals surface area contributed by atoms with Crippen molar-refractivity contribution >= 4 is 0 Å². The molecule has 68 valence electrons. The van der Waals surface area contributed by atoms with E-state index in [0.717, 1.165) is 6.42 Å². The molecule has 0 saturated heterocycles. The molecule has 1 atom stereocenters. The lowest BCUT2D eigenvalue weighted by atomic mass is 10.1. The molecule has 0 aromatic heterocycles. The minimum atomic E-state index is 0.653. The molecule has 0 aliphatic carbocycles. The van der Waals surface area contributed by atoms with E-state index in [0.29, 0.717) is 5.92 Å². The monoisotopic (exact) mass is 173 g/mol. The number of fused-ring (bicyclic) bond motifs is 1. The third-order valence-electron chi connectivity index (χ3n) is 2.43. The SMILES string of the molecule is CC1=CN2C=CC(C)CC=C2C=C1. The Morgan fingerprint density at radius 1 is 1.38 bits per heavy atom. The number of nitrogens with zero attached hydrogens (tertiary/aromatic N) is 1. The lowest BCUT2D eigenvalue weighted by Gasteiger charge is -2.20. The molecular weight excluding hydrogens is 158 g/mol. The third kappa shape index (κ3) is 1.74. The van der Waals surface area contributed by atoms with Crippen LogP contribution >= 0.6 is 0 Å². The summed E-state index contributed by atoms with van der Waals surface area (Å²) in [6, 6.07) is 0. The average Bonchev–Trinajstić information content (AvgIpc) is 2.29. The van der Waals surface area contributed by atoms with Crippen molar-refractivity contribution in [3.05, 3.63) is 48.0 Å². The van der Waals surface area contributed by atoms with Crippen LogP contribution in [0.15, 0.2) is 48.0 Å². The predicted molar refractivity (Wildman–Crippen MR) is 55.7 cm³/mol. The molecule has 0 fully saturated rings. The molecule has 2 heterocycles. The van der Waals surface area contributed by atoms with Crippen LogP contribution in [0.25, 0.3) is 0 Å². The summed E-state index contributed by atoms with van der Waals surface area (Å²) in [4.78, 5) is 2.19. The molecule has 2 rings (SSSR count). The van der Waals surface area contributed by atoms with Gasteiger partial charge in [0.1, 0.15) is 0 Å². The summed E-state index contributed by atoms with van der Waals surface area (Å²) in [6.07, 6.45) is 14.4. The van der Waals surface area contributed by atoms with Crippen LogP contribution in [0.5, 0.6) is 0 Å². The van der Waals surface area contributed by atoms with Gasteiger partial charge in [-0.2, -0.15) is 0 Å². The Morgan fingerprint density at radius 2 is 2.23 bits per heavy atom. The first-order valence-corrected chi connectivity index (χ1v) is 4.79. The molecule has 1 unspecified atom stereocenters. The molecule has 0 amide bonds. The Balaban J connectivity index is 2.31. The second-order valence-electron chi connectivity index (χ2n) is 3.80. The molecular formula is C12H15N. The van der Waals surface area contributed by atoms with E-state index in [4.69, 9.17) is 0 Å². The van der Waals surface area contributed by atoms with Crippen molar-refractivity contribution in [1.29, 1.82) is 0 Å². The fraction of sp³-hybridized carbons (Fsp3) is 0.333. The van der Waals surface area contributed by atoms with Gasteiger partial charge >= 0.3 is 0 Å². The zero-order chi connectivity index (χ0) is 9.26. The summed E-state index contributed by atoms with van der Waals surface area (Å²) in [7, 11) is 0. The molecule has 0 radical (unpaired) electrons. The standard InChI is InChI=1S/C12H15N/c1-10-3-5-12-6-4-11(2)9-13(12)8-7-10/h4-10H,3H2,1-2H3. The first kappa shape index (κ1) is 8.36. The van der Waals surface area contributed by atoms with Crippen LogP contribution in [0, 0.1) is 5.92 Å². The highest BCUT2D eigenvalue weighted by Crippen LogP contribution is 2.22. The van der Waals surface area contributed by atoms with Crippen LogP contribution in [0.4, 0.5) is 0 Å². The first-order valence-electron chi connectivity index (χ1n) is 4.79. The van der Waals surface area contributed by atoms with Gasteiger partial charge in [0, 0.05) is 18.1 Å². The van der Waals surface area contributed by atoms with Crippen molar-refractivity contribution in [2.24, 2.45) is 5.92 Å². The number of hydrogen-bond donors (Lipinski definition) is 0. The summed E-state index contributed by atoms with van der Waals surface area (Å²) in [6.45, 7) is 4.36. The Hall–Kier alpha value is -1.24. The maximum Gasteiger partial charge on any atom is 0.0409 e. The molecule has 2 aliphatic rings. The van der Waals surface area contributed by atoms with Gasteiger partial charge in [0.15, 0.2) is 0 Å². The molecule has 2 aliphatic heterocycles. The van der Waals surface area contributed by atoms with Gasteiger partial charge in [0.2, 0.25) is 0 Å². The lowest BCUT2D eigenvalue weighted by molar-refractivity contribution is 0.638. The normalized spacial score (nSPS) is 26.3. The van der Waals surface area contributed by atoms with Gasteiger partial charge in [0.25, 0.3) is 0 Å². The van der Waals surface area contributed by atoms with Crippen LogP contribution in [-0.4, -0.2) is 4.90 Å². The average molecular weight is 173 g/mol. The fourth-order valence-corrected chi connectivity index (χ4v) is 1.57. The van der Waals surface area contributed by atoms with Crippen LogP contribution < -0.4 is 0 Å². The number of hydrogen-bond acceptors (Lipinski definition) is 1. The summed E-state index contributed by atoms with van der Waals surface area (Å²) in [5.74, 6) is 0.653. The Kier molecular flexibility index (Phi) is 2.09. The van der Waals surface area contributed by atoms with Crippen molar-refractivity contribution in [3.63, 3.8) is 0 Å². The highest BCUT2D eigenvalue weighted by molar-refractivity contribution is 5.35. The third-order valence-corrected chi connectivity index (χ3v) is 2.43. The quantitative estimate of drug-likeness (QED) is 0.543. The highest BCUT2D eigenvalue weighted by Gasteiger charge is 2.09. The van der Waals surface area contributed by atoms with E-state index in [1.807, 2.05) is 0 Å². The minimum Gasteiger partial charge on any atom is -0.324 e. The molecule has 1 heteroatoms. The maximum absolute atomic E-state index is 2.30. The molecule has 0 bridgehead atoms. The van der Waals surface area contributed by atoms with Gasteiger partial charge in [-0.05, 0) is 30.9 Å². The van der Waals surface area contributed by atoms with Crippen LogP contribution in [0.2, 0.25) is 0 Å². The van der Waals surface area contributed by atoms with E-state index < -0.39 is 0 Å². The summed E-state index contributed by atoms with van der Waals surface area (Å²) in [5.41, 5.74) is 2.60. The molecule has 0 aromatic rings. The van der Waals surface area contributed by atoms with Gasteiger partial charge in [-0.1, -0.05) is 25.2 Å². The largest absolute Gasteiger partial charge is 0.324 e. The summed E-state index contributed by atoms with van der Waals surface area (Å²) < 4.78 is 0. The Bertz CT molecular complexity index is 318. The van der Waals surface area contributed by atoms with Gasteiger partial charge in [-0.3, -0.25) is 0 Å². The summed E-state index contributed by atoms with van der Waals surface area (Å²) >= 11 is 0. The van der Waals surface area contributed by atoms with Crippen molar-refractivity contribution in [3.8, 4) is 0 Å². The van der Waals surface area contributed by atoms with E-state index in [2.05, 4.69) is 55.5 Å². The zero-order valence-electron chi connectivity index (χ0n) is 8.20. The van der Waals surface area contributed by atoms with E-state index in [9.17, 15) is 0 Å². The summed E-state index contributed by atoms with van der Waals surface area (Å²) in [5, 5.41) is 0. The van der Waals surface area contributed by atoms with Gasteiger partial charge < -0.3 is 4.90 Å². The number of rotatable bonds is 0. The van der Waals surface area contributed by atoms with Gasteiger partial charge in [-0.15, -0.1) is 0 Å². The van der Waals surface area contributed by atoms with E-state index in [1.165, 1.54) is 11.3 Å². The first-order chi connectivity index (χ1) is 6.25. The smallest absolute Gasteiger partial charge is 0.0409 e. The lowest BCUT2D eigenvalue weighted by Crippen LogP contribution is -2.09. The van der Waals surface area contributed by atoms with Crippen molar-refractivity contribution in [2.75, 3.05) is 0 Å². The molecule has 0 aromatic carbocycles. The van der Waals surface area contributed by atoms with Crippen molar-refractivity contribution in [2.45, 2.75) is 20.3 Å². The van der Waals surface area contributed by atoms with Gasteiger partial charge in [0.05, 0.1) is 0 Å². The second kappa shape index (κ2) is 3.25. The Morgan fingerprint density at radius 3 is 3.08 bits per heavy atom. The number of allylic oxidation sites excluding steroid dienone is 5. The molecule has 0 saturated carbocycles. The molecule has 1 nitrogen and oxygen atoms in total. The van der Waals surface area contributed by atoms with Crippen LogP contribution in [-0.2, 0) is 0 Å². The molecule has 0 N–H and O–H groups in total. The topological polar surface area (TPSA) is 3.24 Å². The second-order valence-corrected chi connectivity index (χ2v) is 3.80. The van der Waals surface area contributed by atoms with Crippen molar-refractivity contribution < 1.29 is 0 Å². The highest BCUT2D eigenvalue weighted by atomic mass is 15.1. The zero-order valence-corrected chi connectivity index (χ0v) is 8.20. The fourth-order valence-electron chi connectivity index (χ4n) is 1.57.